The first-order valence-electron chi connectivity index (χ1n) is 5.56. The zero-order valence-electron chi connectivity index (χ0n) is 9.55. The van der Waals surface area contributed by atoms with Gasteiger partial charge in [0.25, 0.3) is 5.91 Å². The minimum atomic E-state index is -0.493. The number of hydrogen-bond donors (Lipinski definition) is 1. The van der Waals surface area contributed by atoms with Gasteiger partial charge in [0.15, 0.2) is 6.61 Å². The third-order valence-electron chi connectivity index (χ3n) is 2.73. The van der Waals surface area contributed by atoms with Crippen LogP contribution in [0.3, 0.4) is 0 Å². The molecular formula is C14H11NO3. The van der Waals surface area contributed by atoms with Gasteiger partial charge in [-0.05, 0) is 24.3 Å². The summed E-state index contributed by atoms with van der Waals surface area (Å²) in [7, 11) is 0. The van der Waals surface area contributed by atoms with Crippen LogP contribution in [0.15, 0.2) is 46.9 Å². The van der Waals surface area contributed by atoms with Crippen LogP contribution in [-0.4, -0.2) is 12.5 Å². The Morgan fingerprint density at radius 3 is 2.72 bits per heavy atom. The van der Waals surface area contributed by atoms with Gasteiger partial charge in [0.1, 0.15) is 16.9 Å². The van der Waals surface area contributed by atoms with Crippen molar-refractivity contribution in [1.29, 1.82) is 0 Å². The van der Waals surface area contributed by atoms with Crippen LogP contribution in [-0.2, 0) is 4.79 Å². The number of ether oxygens (including phenoxy) is 1. The van der Waals surface area contributed by atoms with E-state index >= 15 is 0 Å². The number of fused-ring (bicyclic) bond motifs is 3. The van der Waals surface area contributed by atoms with Gasteiger partial charge in [-0.1, -0.05) is 18.2 Å². The van der Waals surface area contributed by atoms with Crippen molar-refractivity contribution in [2.24, 2.45) is 5.73 Å². The number of carbonyl (C=O) groups is 1. The monoisotopic (exact) mass is 241 g/mol. The number of amides is 1. The molecule has 0 radical (unpaired) electrons. The van der Waals surface area contributed by atoms with Gasteiger partial charge in [0.05, 0.1) is 0 Å². The van der Waals surface area contributed by atoms with Crippen molar-refractivity contribution in [1.82, 2.24) is 0 Å². The first-order valence-corrected chi connectivity index (χ1v) is 5.56. The molecule has 3 rings (SSSR count). The van der Waals surface area contributed by atoms with Gasteiger partial charge in [-0.15, -0.1) is 0 Å². The molecule has 2 aromatic carbocycles. The molecule has 0 aliphatic heterocycles. The molecule has 0 fully saturated rings. The lowest BCUT2D eigenvalue weighted by Crippen LogP contribution is -2.19. The lowest BCUT2D eigenvalue weighted by atomic mass is 10.1. The van der Waals surface area contributed by atoms with E-state index in [9.17, 15) is 4.79 Å². The van der Waals surface area contributed by atoms with E-state index < -0.39 is 5.91 Å². The second-order valence-corrected chi connectivity index (χ2v) is 4.01. The molecule has 0 bridgehead atoms. The van der Waals surface area contributed by atoms with E-state index in [-0.39, 0.29) is 6.61 Å². The lowest BCUT2D eigenvalue weighted by molar-refractivity contribution is -0.119. The van der Waals surface area contributed by atoms with Gasteiger partial charge >= 0.3 is 0 Å². The molecule has 0 aliphatic rings. The molecule has 1 amide bonds. The number of benzene rings is 2. The van der Waals surface area contributed by atoms with Gasteiger partial charge in [0, 0.05) is 10.8 Å². The van der Waals surface area contributed by atoms with Crippen molar-refractivity contribution in [2.45, 2.75) is 0 Å². The SMILES string of the molecule is NC(=O)COc1ccc2oc3ccccc3c2c1. The summed E-state index contributed by atoms with van der Waals surface area (Å²) in [4.78, 5) is 10.7. The first-order chi connectivity index (χ1) is 8.74. The van der Waals surface area contributed by atoms with Crippen LogP contribution in [0, 0.1) is 0 Å². The van der Waals surface area contributed by atoms with Gasteiger partial charge in [-0.25, -0.2) is 0 Å². The predicted molar refractivity (Wildman–Crippen MR) is 68.4 cm³/mol. The van der Waals surface area contributed by atoms with Crippen LogP contribution in [0.1, 0.15) is 0 Å². The van der Waals surface area contributed by atoms with E-state index in [1.807, 2.05) is 36.4 Å². The molecule has 2 N–H and O–H groups in total. The summed E-state index contributed by atoms with van der Waals surface area (Å²) in [6, 6.07) is 13.2. The molecule has 4 nitrogen and oxygen atoms in total. The molecule has 0 saturated heterocycles. The lowest BCUT2D eigenvalue weighted by Gasteiger charge is -2.02. The van der Waals surface area contributed by atoms with Crippen molar-refractivity contribution in [3.05, 3.63) is 42.5 Å². The van der Waals surface area contributed by atoms with Crippen LogP contribution >= 0.6 is 0 Å². The second-order valence-electron chi connectivity index (χ2n) is 4.01. The summed E-state index contributed by atoms with van der Waals surface area (Å²) in [5, 5.41) is 1.99. The highest BCUT2D eigenvalue weighted by Crippen LogP contribution is 2.31. The maximum Gasteiger partial charge on any atom is 0.255 e. The van der Waals surface area contributed by atoms with Crippen molar-refractivity contribution < 1.29 is 13.9 Å². The summed E-state index contributed by atoms with van der Waals surface area (Å²) in [5.41, 5.74) is 6.67. The molecule has 0 aliphatic carbocycles. The van der Waals surface area contributed by atoms with Crippen LogP contribution in [0.5, 0.6) is 5.75 Å². The number of carbonyl (C=O) groups excluding carboxylic acids is 1. The zero-order chi connectivity index (χ0) is 12.5. The molecule has 1 aromatic heterocycles. The summed E-state index contributed by atoms with van der Waals surface area (Å²) < 4.78 is 11.0. The molecule has 3 aromatic rings. The minimum Gasteiger partial charge on any atom is -0.484 e. The molecular weight excluding hydrogens is 230 g/mol. The minimum absolute atomic E-state index is 0.124. The standard InChI is InChI=1S/C14H11NO3/c15-14(16)8-17-9-5-6-13-11(7-9)10-3-1-2-4-12(10)18-13/h1-7H,8H2,(H2,15,16). The number of furan rings is 1. The second kappa shape index (κ2) is 4.07. The Morgan fingerprint density at radius 2 is 1.89 bits per heavy atom. The van der Waals surface area contributed by atoms with Crippen LogP contribution < -0.4 is 10.5 Å². The van der Waals surface area contributed by atoms with E-state index in [4.69, 9.17) is 14.9 Å². The van der Waals surface area contributed by atoms with E-state index in [2.05, 4.69) is 0 Å². The van der Waals surface area contributed by atoms with E-state index in [1.165, 1.54) is 0 Å². The number of rotatable bonds is 3. The Kier molecular flexibility index (Phi) is 2.41. The fourth-order valence-electron chi connectivity index (χ4n) is 1.95. The number of hydrogen-bond acceptors (Lipinski definition) is 3. The van der Waals surface area contributed by atoms with E-state index in [0.717, 1.165) is 21.9 Å². The highest BCUT2D eigenvalue weighted by Gasteiger charge is 2.07. The predicted octanol–water partition coefficient (Wildman–Crippen LogP) is 2.45. The molecule has 0 spiro atoms. The average Bonchev–Trinajstić information content (AvgIpc) is 2.74. The molecule has 0 atom stereocenters. The maximum absolute atomic E-state index is 10.7. The summed E-state index contributed by atoms with van der Waals surface area (Å²) in [6.45, 7) is -0.124. The highest BCUT2D eigenvalue weighted by atomic mass is 16.5. The first kappa shape index (κ1) is 10.7. The fraction of sp³-hybridized carbons (Fsp3) is 0.0714. The number of primary amides is 1. The van der Waals surface area contributed by atoms with Gasteiger partial charge in [-0.3, -0.25) is 4.79 Å². The van der Waals surface area contributed by atoms with Crippen LogP contribution in [0.4, 0.5) is 0 Å². The zero-order valence-corrected chi connectivity index (χ0v) is 9.55. The molecule has 1 heterocycles. The third-order valence-corrected chi connectivity index (χ3v) is 2.73. The largest absolute Gasteiger partial charge is 0.484 e. The molecule has 18 heavy (non-hydrogen) atoms. The smallest absolute Gasteiger partial charge is 0.255 e. The summed E-state index contributed by atoms with van der Waals surface area (Å²) in [6.07, 6.45) is 0. The third kappa shape index (κ3) is 1.78. The highest BCUT2D eigenvalue weighted by molar-refractivity contribution is 6.05. The molecule has 0 unspecified atom stereocenters. The van der Waals surface area contributed by atoms with Crippen LogP contribution in [0.25, 0.3) is 21.9 Å². The van der Waals surface area contributed by atoms with Gasteiger partial charge in [-0.2, -0.15) is 0 Å². The maximum atomic E-state index is 10.7. The van der Waals surface area contributed by atoms with Crippen molar-refractivity contribution in [3.8, 4) is 5.75 Å². The molecule has 0 saturated carbocycles. The topological polar surface area (TPSA) is 65.5 Å². The summed E-state index contributed by atoms with van der Waals surface area (Å²) >= 11 is 0. The summed E-state index contributed by atoms with van der Waals surface area (Å²) in [5.74, 6) is 0.111. The molecule has 90 valence electrons. The quantitative estimate of drug-likeness (QED) is 0.765. The Bertz CT molecular complexity index is 730. The van der Waals surface area contributed by atoms with Crippen molar-refractivity contribution in [3.63, 3.8) is 0 Å². The van der Waals surface area contributed by atoms with Crippen LogP contribution in [0.2, 0.25) is 0 Å². The van der Waals surface area contributed by atoms with Gasteiger partial charge < -0.3 is 14.9 Å². The fourth-order valence-corrected chi connectivity index (χ4v) is 1.95. The Balaban J connectivity index is 2.09. The molecule has 4 heteroatoms. The Morgan fingerprint density at radius 1 is 1.11 bits per heavy atom. The number of para-hydroxylation sites is 1. The Hall–Kier alpha value is -2.49. The number of nitrogens with two attached hydrogens (primary N) is 1. The van der Waals surface area contributed by atoms with E-state index in [1.54, 1.807) is 6.07 Å². The van der Waals surface area contributed by atoms with Crippen molar-refractivity contribution in [2.75, 3.05) is 6.61 Å². The van der Waals surface area contributed by atoms with Crippen molar-refractivity contribution >= 4 is 27.8 Å². The average molecular weight is 241 g/mol. The normalized spacial score (nSPS) is 10.9. The Labute approximate surface area is 103 Å². The van der Waals surface area contributed by atoms with E-state index in [0.29, 0.717) is 5.75 Å². The van der Waals surface area contributed by atoms with Gasteiger partial charge in [0.2, 0.25) is 0 Å².